The Morgan fingerprint density at radius 2 is 1.92 bits per heavy atom. The molecule has 0 saturated carbocycles. The second kappa shape index (κ2) is 10.8. The second-order valence-electron chi connectivity index (χ2n) is 7.80. The largest absolute Gasteiger partial charge is 0.493 e. The van der Waals surface area contributed by atoms with Crippen LogP contribution in [0.2, 0.25) is 0 Å². The first-order valence-corrected chi connectivity index (χ1v) is 11.7. The molecule has 184 valence electrons. The normalized spacial score (nSPS) is 14.2. The van der Waals surface area contributed by atoms with Crippen molar-refractivity contribution in [1.29, 1.82) is 0 Å². The number of rotatable bonds is 8. The third-order valence-electron chi connectivity index (χ3n) is 5.37. The Morgan fingerprint density at radius 3 is 2.64 bits per heavy atom. The van der Waals surface area contributed by atoms with Gasteiger partial charge in [-0.25, -0.2) is 14.0 Å². The smallest absolute Gasteiger partial charge is 0.335 e. The lowest BCUT2D eigenvalue weighted by atomic mass is 10.1. The van der Waals surface area contributed by atoms with E-state index in [2.05, 4.69) is 27.9 Å². The molecule has 0 aliphatic carbocycles. The van der Waals surface area contributed by atoms with Crippen LogP contribution >= 0.6 is 22.6 Å². The Hall–Kier alpha value is -3.93. The number of urea groups is 1. The molecule has 1 aliphatic rings. The summed E-state index contributed by atoms with van der Waals surface area (Å²) >= 11 is 2.06. The summed E-state index contributed by atoms with van der Waals surface area (Å²) in [6.45, 7) is -0.0706. The van der Waals surface area contributed by atoms with Gasteiger partial charge in [-0.15, -0.1) is 0 Å². The van der Waals surface area contributed by atoms with Gasteiger partial charge in [0.05, 0.1) is 22.8 Å². The van der Waals surface area contributed by atoms with Crippen LogP contribution in [0, 0.1) is 9.39 Å². The molecule has 1 fully saturated rings. The Morgan fingerprint density at radius 1 is 1.14 bits per heavy atom. The number of halogens is 2. The molecule has 0 unspecified atom stereocenters. The molecule has 0 atom stereocenters. The third kappa shape index (κ3) is 5.48. The first-order chi connectivity index (χ1) is 17.3. The summed E-state index contributed by atoms with van der Waals surface area (Å²) in [7, 11) is 1.47. The van der Waals surface area contributed by atoms with Crippen molar-refractivity contribution in [3.8, 4) is 11.5 Å². The molecular formula is C26H20FIN2O6. The van der Waals surface area contributed by atoms with Crippen molar-refractivity contribution in [2.75, 3.05) is 7.11 Å². The molecule has 1 heterocycles. The Bertz CT molecular complexity index is 1390. The molecular weight excluding hydrogens is 582 g/mol. The summed E-state index contributed by atoms with van der Waals surface area (Å²) in [6.07, 6.45) is 1.51. The highest BCUT2D eigenvalue weighted by Gasteiger charge is 2.34. The number of carboxylic acids is 1. The maximum atomic E-state index is 14.0. The van der Waals surface area contributed by atoms with E-state index < -0.39 is 23.7 Å². The summed E-state index contributed by atoms with van der Waals surface area (Å²) in [6, 6.07) is 15.1. The lowest BCUT2D eigenvalue weighted by Gasteiger charge is -2.14. The van der Waals surface area contributed by atoms with Gasteiger partial charge < -0.3 is 19.9 Å². The molecule has 1 saturated heterocycles. The molecule has 3 amide bonds. The van der Waals surface area contributed by atoms with E-state index in [1.807, 2.05) is 0 Å². The zero-order valence-electron chi connectivity index (χ0n) is 19.0. The van der Waals surface area contributed by atoms with Gasteiger partial charge >= 0.3 is 12.0 Å². The summed E-state index contributed by atoms with van der Waals surface area (Å²) in [5.41, 5.74) is 1.69. The number of methoxy groups -OCH3 is 1. The molecule has 0 aromatic heterocycles. The van der Waals surface area contributed by atoms with Crippen molar-refractivity contribution in [2.24, 2.45) is 0 Å². The van der Waals surface area contributed by atoms with Crippen molar-refractivity contribution in [3.63, 3.8) is 0 Å². The number of benzene rings is 3. The molecule has 10 heteroatoms. The minimum Gasteiger partial charge on any atom is -0.493 e. The lowest BCUT2D eigenvalue weighted by Crippen LogP contribution is -2.30. The molecule has 3 aromatic carbocycles. The summed E-state index contributed by atoms with van der Waals surface area (Å²) in [4.78, 5) is 37.3. The average Bonchev–Trinajstić information content (AvgIpc) is 3.11. The number of hydrogen-bond donors (Lipinski definition) is 2. The minimum atomic E-state index is -1.03. The van der Waals surface area contributed by atoms with E-state index in [0.29, 0.717) is 26.2 Å². The van der Waals surface area contributed by atoms with Crippen LogP contribution in [-0.4, -0.2) is 35.0 Å². The maximum absolute atomic E-state index is 14.0. The molecule has 0 bridgehead atoms. The van der Waals surface area contributed by atoms with Gasteiger partial charge in [0, 0.05) is 5.56 Å². The highest BCUT2D eigenvalue weighted by Crippen LogP contribution is 2.35. The Balaban J connectivity index is 1.53. The number of nitrogens with zero attached hydrogens (tertiary/aromatic N) is 1. The van der Waals surface area contributed by atoms with E-state index in [4.69, 9.17) is 14.6 Å². The van der Waals surface area contributed by atoms with Crippen molar-refractivity contribution >= 4 is 46.6 Å². The molecule has 3 aromatic rings. The van der Waals surface area contributed by atoms with Crippen LogP contribution in [0.15, 0.2) is 66.4 Å². The fraction of sp³-hybridized carbons (Fsp3) is 0.115. The predicted molar refractivity (Wildman–Crippen MR) is 137 cm³/mol. The minimum absolute atomic E-state index is 0.0494. The number of aromatic carboxylic acids is 1. The lowest BCUT2D eigenvalue weighted by molar-refractivity contribution is -0.123. The topological polar surface area (TPSA) is 105 Å². The van der Waals surface area contributed by atoms with E-state index in [-0.39, 0.29) is 30.0 Å². The number of imide groups is 1. The number of amides is 3. The first-order valence-electron chi connectivity index (χ1n) is 10.7. The quantitative estimate of drug-likeness (QED) is 0.218. The standard InChI is InChI=1S/C26H20FIN2O6/c1-35-22-12-16(10-20(28)23(22)36-14-15-5-4-7-17(9-15)25(32)33)11-21-24(31)30(26(34)29-21)13-18-6-2-3-8-19(18)27/h2-12H,13-14H2,1H3,(H,29,34)(H,32,33). The average molecular weight is 602 g/mol. The van der Waals surface area contributed by atoms with Gasteiger partial charge in [0.1, 0.15) is 18.1 Å². The zero-order chi connectivity index (χ0) is 25.8. The van der Waals surface area contributed by atoms with Crippen LogP contribution in [0.3, 0.4) is 0 Å². The van der Waals surface area contributed by atoms with Crippen LogP contribution in [0.5, 0.6) is 11.5 Å². The number of carbonyl (C=O) groups is 3. The summed E-state index contributed by atoms with van der Waals surface area (Å²) in [5.74, 6) is -1.26. The van der Waals surface area contributed by atoms with Gasteiger partial charge in [-0.2, -0.15) is 0 Å². The Labute approximate surface area is 219 Å². The molecule has 1 aliphatic heterocycles. The Kier molecular flexibility index (Phi) is 7.53. The highest BCUT2D eigenvalue weighted by molar-refractivity contribution is 14.1. The molecule has 2 N–H and O–H groups in total. The zero-order valence-corrected chi connectivity index (χ0v) is 21.1. The van der Waals surface area contributed by atoms with Gasteiger partial charge in [0.15, 0.2) is 11.5 Å². The second-order valence-corrected chi connectivity index (χ2v) is 8.96. The number of nitrogens with one attached hydrogen (secondary N) is 1. The number of carbonyl (C=O) groups excluding carboxylic acids is 2. The van der Waals surface area contributed by atoms with Gasteiger partial charge in [-0.3, -0.25) is 9.69 Å². The fourth-order valence-electron chi connectivity index (χ4n) is 3.59. The van der Waals surface area contributed by atoms with Crippen LogP contribution in [0.4, 0.5) is 9.18 Å². The first kappa shape index (κ1) is 25.2. The van der Waals surface area contributed by atoms with Crippen LogP contribution in [-0.2, 0) is 17.9 Å². The maximum Gasteiger partial charge on any atom is 0.335 e. The van der Waals surface area contributed by atoms with E-state index in [0.717, 1.165) is 4.90 Å². The van der Waals surface area contributed by atoms with E-state index in [1.165, 1.54) is 43.5 Å². The van der Waals surface area contributed by atoms with Crippen LogP contribution < -0.4 is 14.8 Å². The third-order valence-corrected chi connectivity index (χ3v) is 6.17. The van der Waals surface area contributed by atoms with E-state index >= 15 is 0 Å². The highest BCUT2D eigenvalue weighted by atomic mass is 127. The molecule has 0 radical (unpaired) electrons. The molecule has 8 nitrogen and oxygen atoms in total. The SMILES string of the molecule is COc1cc(C=C2NC(=O)N(Cc3ccccc3F)C2=O)cc(I)c1OCc1cccc(C(=O)O)c1. The molecule has 4 rings (SSSR count). The van der Waals surface area contributed by atoms with E-state index in [9.17, 15) is 18.8 Å². The van der Waals surface area contributed by atoms with Crippen molar-refractivity contribution < 1.29 is 33.4 Å². The van der Waals surface area contributed by atoms with Crippen LogP contribution in [0.25, 0.3) is 6.08 Å². The summed E-state index contributed by atoms with van der Waals surface area (Å²) in [5, 5.41) is 11.7. The molecule has 0 spiro atoms. The van der Waals surface area contributed by atoms with E-state index in [1.54, 1.807) is 30.3 Å². The van der Waals surface area contributed by atoms with Crippen molar-refractivity contribution in [1.82, 2.24) is 10.2 Å². The van der Waals surface area contributed by atoms with Gasteiger partial charge in [0.25, 0.3) is 5.91 Å². The monoisotopic (exact) mass is 602 g/mol. The van der Waals surface area contributed by atoms with Crippen molar-refractivity contribution in [3.05, 3.63) is 98.0 Å². The van der Waals surface area contributed by atoms with Gasteiger partial charge in [-0.05, 0) is 70.1 Å². The number of hydrogen-bond acceptors (Lipinski definition) is 5. The number of ether oxygens (including phenoxy) is 2. The number of carboxylic acid groups (broad SMARTS) is 1. The predicted octanol–water partition coefficient (Wildman–Crippen LogP) is 4.81. The molecule has 36 heavy (non-hydrogen) atoms. The van der Waals surface area contributed by atoms with Gasteiger partial charge in [0.2, 0.25) is 0 Å². The van der Waals surface area contributed by atoms with Crippen molar-refractivity contribution in [2.45, 2.75) is 13.2 Å². The van der Waals surface area contributed by atoms with Gasteiger partial charge in [-0.1, -0.05) is 30.3 Å². The van der Waals surface area contributed by atoms with Crippen LogP contribution in [0.1, 0.15) is 27.0 Å². The summed E-state index contributed by atoms with van der Waals surface area (Å²) < 4.78 is 26.0. The fourth-order valence-corrected chi connectivity index (χ4v) is 4.37.